The Kier molecular flexibility index (Phi) is 4.08. The van der Waals surface area contributed by atoms with E-state index in [0.29, 0.717) is 0 Å². The summed E-state index contributed by atoms with van der Waals surface area (Å²) in [5, 5.41) is 14.8. The Morgan fingerprint density at radius 1 is 0.938 bits per heavy atom. The third kappa shape index (κ3) is 2.65. The van der Waals surface area contributed by atoms with Crippen molar-refractivity contribution in [3.05, 3.63) is 107 Å². The molecule has 5 aromatic rings. The lowest BCUT2D eigenvalue weighted by Crippen LogP contribution is -2.15. The molecule has 32 heavy (non-hydrogen) atoms. The number of allylic oxidation sites excluding steroid dienone is 1. The van der Waals surface area contributed by atoms with Gasteiger partial charge in [0.05, 0.1) is 24.0 Å². The molecule has 0 atom stereocenters. The van der Waals surface area contributed by atoms with Crippen molar-refractivity contribution in [3.8, 4) is 17.2 Å². The SMILES string of the molecule is [C-]#[N+]/C(C#N)=C\c1ccc2c3c(cccc13)-c1ccccc1N2c1ccc2ccsc2c1. The molecule has 4 heteroatoms. The average Bonchev–Trinajstić information content (AvgIpc) is 3.32. The number of benzene rings is 4. The van der Waals surface area contributed by atoms with Gasteiger partial charge in [0.25, 0.3) is 5.70 Å². The second-order valence-electron chi connectivity index (χ2n) is 7.65. The highest BCUT2D eigenvalue weighted by atomic mass is 32.1. The number of anilines is 3. The maximum Gasteiger partial charge on any atom is 0.262 e. The predicted octanol–water partition coefficient (Wildman–Crippen LogP) is 8.29. The largest absolute Gasteiger partial charge is 0.309 e. The molecule has 148 valence electrons. The molecule has 2 heterocycles. The Balaban J connectivity index is 1.70. The van der Waals surface area contributed by atoms with Crippen molar-refractivity contribution in [1.82, 2.24) is 0 Å². The number of rotatable bonds is 2. The van der Waals surface area contributed by atoms with Crippen LogP contribution in [0.25, 0.3) is 42.9 Å². The average molecular weight is 426 g/mol. The van der Waals surface area contributed by atoms with Crippen LogP contribution >= 0.6 is 11.3 Å². The van der Waals surface area contributed by atoms with Gasteiger partial charge < -0.3 is 4.90 Å². The van der Waals surface area contributed by atoms with E-state index < -0.39 is 0 Å². The van der Waals surface area contributed by atoms with Crippen molar-refractivity contribution in [2.75, 3.05) is 4.90 Å². The summed E-state index contributed by atoms with van der Waals surface area (Å²) in [7, 11) is 0. The van der Waals surface area contributed by atoms with Crippen LogP contribution in [0.15, 0.2) is 89.9 Å². The van der Waals surface area contributed by atoms with Crippen molar-refractivity contribution in [1.29, 1.82) is 5.26 Å². The smallest absolute Gasteiger partial charge is 0.262 e. The van der Waals surface area contributed by atoms with Gasteiger partial charge in [-0.05, 0) is 63.7 Å². The molecular weight excluding hydrogens is 410 g/mol. The van der Waals surface area contributed by atoms with Crippen molar-refractivity contribution >= 4 is 55.3 Å². The van der Waals surface area contributed by atoms with E-state index in [0.717, 1.165) is 39.0 Å². The Hall–Kier alpha value is -4.38. The number of fused-ring (bicyclic) bond motifs is 3. The van der Waals surface area contributed by atoms with Crippen molar-refractivity contribution in [3.63, 3.8) is 0 Å². The standard InChI is InChI=1S/C28H15N3S/c1-30-20(17-29)15-19-10-12-26-28-22(19)6-4-7-24(28)23-5-2-3-8-25(23)31(26)21-11-9-18-13-14-32-27(18)16-21/h2-16H/b20-15-. The molecule has 1 aliphatic rings. The van der Waals surface area contributed by atoms with Crippen LogP contribution in [0.1, 0.15) is 5.56 Å². The molecule has 1 aromatic heterocycles. The Morgan fingerprint density at radius 3 is 2.69 bits per heavy atom. The van der Waals surface area contributed by atoms with Crippen molar-refractivity contribution in [2.45, 2.75) is 0 Å². The number of hydrogen-bond donors (Lipinski definition) is 0. The highest BCUT2D eigenvalue weighted by Crippen LogP contribution is 2.51. The molecule has 6 rings (SSSR count). The number of nitriles is 1. The van der Waals surface area contributed by atoms with Crippen LogP contribution in [0.5, 0.6) is 0 Å². The fourth-order valence-corrected chi connectivity index (χ4v) is 5.39. The molecule has 0 saturated carbocycles. The van der Waals surface area contributed by atoms with Gasteiger partial charge in [-0.15, -0.1) is 11.3 Å². The molecule has 0 bridgehead atoms. The van der Waals surface area contributed by atoms with E-state index in [4.69, 9.17) is 6.57 Å². The van der Waals surface area contributed by atoms with Crippen LogP contribution in [0, 0.1) is 17.9 Å². The Bertz CT molecular complexity index is 1640. The lowest BCUT2D eigenvalue weighted by Gasteiger charge is -2.34. The lowest BCUT2D eigenvalue weighted by atomic mass is 9.89. The summed E-state index contributed by atoms with van der Waals surface area (Å²) in [6, 6.07) is 29.6. The van der Waals surface area contributed by atoms with E-state index in [9.17, 15) is 5.26 Å². The highest BCUT2D eigenvalue weighted by molar-refractivity contribution is 7.17. The summed E-state index contributed by atoms with van der Waals surface area (Å²) < 4.78 is 1.25. The molecule has 3 nitrogen and oxygen atoms in total. The second-order valence-corrected chi connectivity index (χ2v) is 8.60. The zero-order valence-electron chi connectivity index (χ0n) is 16.9. The zero-order chi connectivity index (χ0) is 21.7. The summed E-state index contributed by atoms with van der Waals surface area (Å²) >= 11 is 1.75. The monoisotopic (exact) mass is 425 g/mol. The van der Waals surface area contributed by atoms with Gasteiger partial charge in [-0.2, -0.15) is 0 Å². The van der Waals surface area contributed by atoms with E-state index >= 15 is 0 Å². The number of hydrogen-bond acceptors (Lipinski definition) is 3. The minimum atomic E-state index is 0.0851. The van der Waals surface area contributed by atoms with Crippen LogP contribution in [-0.2, 0) is 0 Å². The fourth-order valence-electron chi connectivity index (χ4n) is 4.57. The minimum absolute atomic E-state index is 0.0851. The molecule has 0 amide bonds. The van der Waals surface area contributed by atoms with Crippen LogP contribution in [0.2, 0.25) is 0 Å². The van der Waals surface area contributed by atoms with Crippen molar-refractivity contribution in [2.24, 2.45) is 0 Å². The Morgan fingerprint density at radius 2 is 1.81 bits per heavy atom. The quantitative estimate of drug-likeness (QED) is 0.206. The molecule has 0 N–H and O–H groups in total. The van der Waals surface area contributed by atoms with Gasteiger partial charge in [-0.25, -0.2) is 10.1 Å². The van der Waals surface area contributed by atoms with E-state index in [1.807, 2.05) is 18.2 Å². The third-order valence-electron chi connectivity index (χ3n) is 5.95. The van der Waals surface area contributed by atoms with Gasteiger partial charge in [0.1, 0.15) is 0 Å². The van der Waals surface area contributed by atoms with Crippen molar-refractivity contribution < 1.29 is 0 Å². The predicted molar refractivity (Wildman–Crippen MR) is 133 cm³/mol. The minimum Gasteiger partial charge on any atom is -0.309 e. The lowest BCUT2D eigenvalue weighted by molar-refractivity contribution is 1.29. The van der Waals surface area contributed by atoms with E-state index in [2.05, 4.69) is 81.9 Å². The highest BCUT2D eigenvalue weighted by Gasteiger charge is 2.26. The normalized spacial score (nSPS) is 12.4. The summed E-state index contributed by atoms with van der Waals surface area (Å²) in [6.45, 7) is 7.27. The molecule has 0 radical (unpaired) electrons. The first-order chi connectivity index (χ1) is 15.8. The maximum atomic E-state index is 9.28. The van der Waals surface area contributed by atoms with E-state index in [1.54, 1.807) is 17.4 Å². The first-order valence-electron chi connectivity index (χ1n) is 10.2. The molecule has 0 spiro atoms. The van der Waals surface area contributed by atoms with Crippen LogP contribution in [-0.4, -0.2) is 0 Å². The second kappa shape index (κ2) is 7.10. The molecular formula is C28H15N3S. The van der Waals surface area contributed by atoms with Gasteiger partial charge in [-0.3, -0.25) is 0 Å². The summed E-state index contributed by atoms with van der Waals surface area (Å²) in [5.74, 6) is 0. The Labute approximate surface area is 189 Å². The fraction of sp³-hybridized carbons (Fsp3) is 0. The van der Waals surface area contributed by atoms with Gasteiger partial charge >= 0.3 is 0 Å². The zero-order valence-corrected chi connectivity index (χ0v) is 17.7. The number of para-hydroxylation sites is 1. The topological polar surface area (TPSA) is 31.4 Å². The molecule has 4 aromatic carbocycles. The van der Waals surface area contributed by atoms with Gasteiger partial charge in [0.15, 0.2) is 0 Å². The molecule has 1 aliphatic heterocycles. The third-order valence-corrected chi connectivity index (χ3v) is 6.83. The number of nitrogens with zero attached hydrogens (tertiary/aromatic N) is 3. The molecule has 0 unspecified atom stereocenters. The van der Waals surface area contributed by atoms with E-state index in [-0.39, 0.29) is 5.70 Å². The van der Waals surface area contributed by atoms with Crippen LogP contribution < -0.4 is 4.90 Å². The maximum absolute atomic E-state index is 9.28. The van der Waals surface area contributed by atoms with Gasteiger partial charge in [0.2, 0.25) is 0 Å². The first-order valence-corrected chi connectivity index (χ1v) is 11.1. The van der Waals surface area contributed by atoms with Gasteiger partial charge in [-0.1, -0.05) is 48.5 Å². The number of thiophene rings is 1. The molecule has 0 fully saturated rings. The van der Waals surface area contributed by atoms with E-state index in [1.165, 1.54) is 15.6 Å². The van der Waals surface area contributed by atoms with Gasteiger partial charge in [0, 0.05) is 21.3 Å². The summed E-state index contributed by atoms with van der Waals surface area (Å²) in [6.07, 6.45) is 1.68. The van der Waals surface area contributed by atoms with Crippen LogP contribution in [0.4, 0.5) is 17.1 Å². The first kappa shape index (κ1) is 18.4. The summed E-state index contributed by atoms with van der Waals surface area (Å²) in [5.41, 5.74) is 6.66. The van der Waals surface area contributed by atoms with Crippen LogP contribution in [0.3, 0.4) is 0 Å². The summed E-state index contributed by atoms with van der Waals surface area (Å²) in [4.78, 5) is 5.67. The molecule has 0 aliphatic carbocycles. The molecule has 0 saturated heterocycles.